The minimum Gasteiger partial charge on any atom is -0.383 e. The van der Waals surface area contributed by atoms with E-state index < -0.39 is 0 Å². The summed E-state index contributed by atoms with van der Waals surface area (Å²) in [5, 5.41) is 3.40. The van der Waals surface area contributed by atoms with Crippen LogP contribution in [0.4, 0.5) is 11.6 Å². The number of hydrogen-bond donors (Lipinski definition) is 2. The Balaban J connectivity index is 1.84. The molecule has 0 saturated carbocycles. The molecule has 3 N–H and O–H groups in total. The molecule has 1 aliphatic rings. The maximum atomic E-state index is 5.97. The van der Waals surface area contributed by atoms with Gasteiger partial charge in [-0.2, -0.15) is 0 Å². The molecule has 0 spiro atoms. The van der Waals surface area contributed by atoms with Crippen LogP contribution in [0.1, 0.15) is 37.6 Å². The molecule has 21 heavy (non-hydrogen) atoms. The molecule has 0 radical (unpaired) electrons. The second kappa shape index (κ2) is 7.56. The lowest BCUT2D eigenvalue weighted by Gasteiger charge is -2.26. The number of rotatable bonds is 6. The fourth-order valence-electron chi connectivity index (χ4n) is 2.32. The van der Waals surface area contributed by atoms with Gasteiger partial charge in [0.25, 0.3) is 0 Å². The highest BCUT2D eigenvalue weighted by Gasteiger charge is 2.12. The Kier molecular flexibility index (Phi) is 5.76. The fraction of sp³-hybridized carbons (Fsp3) is 0.733. The van der Waals surface area contributed by atoms with E-state index in [-0.39, 0.29) is 5.92 Å². The van der Waals surface area contributed by atoms with E-state index in [1.165, 1.54) is 0 Å². The van der Waals surface area contributed by atoms with Crippen molar-refractivity contribution in [1.82, 2.24) is 14.9 Å². The number of morpholine rings is 1. The first-order chi connectivity index (χ1) is 10.1. The maximum absolute atomic E-state index is 5.97. The van der Waals surface area contributed by atoms with Crippen LogP contribution in [0.3, 0.4) is 0 Å². The first-order valence-electron chi connectivity index (χ1n) is 7.76. The summed E-state index contributed by atoms with van der Waals surface area (Å²) in [6.07, 6.45) is 1.08. The van der Waals surface area contributed by atoms with Gasteiger partial charge in [0.15, 0.2) is 0 Å². The van der Waals surface area contributed by atoms with Crippen LogP contribution in [0.2, 0.25) is 0 Å². The quantitative estimate of drug-likeness (QED) is 0.776. The number of nitrogens with two attached hydrogens (primary N) is 1. The van der Waals surface area contributed by atoms with Crippen LogP contribution >= 0.6 is 0 Å². The minimum atomic E-state index is 0.279. The van der Waals surface area contributed by atoms with Crippen molar-refractivity contribution in [2.45, 2.75) is 33.1 Å². The lowest BCUT2D eigenvalue weighted by Crippen LogP contribution is -2.37. The van der Waals surface area contributed by atoms with Crippen molar-refractivity contribution < 1.29 is 4.74 Å². The number of hydrogen-bond acceptors (Lipinski definition) is 6. The monoisotopic (exact) mass is 293 g/mol. The van der Waals surface area contributed by atoms with Gasteiger partial charge in [-0.05, 0) is 19.9 Å². The maximum Gasteiger partial charge on any atom is 0.135 e. The number of nitrogen functional groups attached to an aromatic ring is 1. The molecule has 0 amide bonds. The molecule has 0 unspecified atom stereocenters. The summed E-state index contributed by atoms with van der Waals surface area (Å²) in [4.78, 5) is 11.4. The van der Waals surface area contributed by atoms with Crippen molar-refractivity contribution >= 4 is 11.6 Å². The van der Waals surface area contributed by atoms with Crippen LogP contribution in [0.25, 0.3) is 0 Å². The van der Waals surface area contributed by atoms with E-state index >= 15 is 0 Å². The first kappa shape index (κ1) is 16.0. The molecule has 0 aliphatic carbocycles. The first-order valence-corrected chi connectivity index (χ1v) is 7.76. The Morgan fingerprint density at radius 1 is 1.29 bits per heavy atom. The molecule has 0 atom stereocenters. The normalized spacial score (nSPS) is 16.4. The standard InChI is InChI=1S/C15H27N5O/c1-11(2)14-18-13(16)12(3)15(19-14)17-5-4-6-20-7-9-21-10-8-20/h11H,4-10H2,1-3H3,(H3,16,17,18,19). The Hall–Kier alpha value is -1.40. The van der Waals surface area contributed by atoms with E-state index in [9.17, 15) is 0 Å². The largest absolute Gasteiger partial charge is 0.383 e. The Morgan fingerprint density at radius 2 is 2.00 bits per heavy atom. The SMILES string of the molecule is Cc1c(N)nc(C(C)C)nc1NCCCN1CCOCC1. The van der Waals surface area contributed by atoms with Gasteiger partial charge in [-0.1, -0.05) is 13.8 Å². The lowest BCUT2D eigenvalue weighted by molar-refractivity contribution is 0.0378. The van der Waals surface area contributed by atoms with Crippen molar-refractivity contribution in [1.29, 1.82) is 0 Å². The van der Waals surface area contributed by atoms with Crippen LogP contribution in [0.5, 0.6) is 0 Å². The number of aromatic nitrogens is 2. The summed E-state index contributed by atoms with van der Waals surface area (Å²) < 4.78 is 5.35. The van der Waals surface area contributed by atoms with Crippen molar-refractivity contribution in [3.63, 3.8) is 0 Å². The molecule has 1 aromatic rings. The van der Waals surface area contributed by atoms with E-state index in [0.717, 1.165) is 63.0 Å². The molecular formula is C15H27N5O. The Morgan fingerprint density at radius 3 is 2.67 bits per heavy atom. The molecule has 0 aromatic carbocycles. The third kappa shape index (κ3) is 4.54. The average Bonchev–Trinajstić information content (AvgIpc) is 2.48. The average molecular weight is 293 g/mol. The van der Waals surface area contributed by atoms with E-state index in [0.29, 0.717) is 5.82 Å². The smallest absolute Gasteiger partial charge is 0.135 e. The molecule has 1 saturated heterocycles. The molecule has 2 heterocycles. The van der Waals surface area contributed by atoms with E-state index in [1.54, 1.807) is 0 Å². The zero-order chi connectivity index (χ0) is 15.2. The van der Waals surface area contributed by atoms with Gasteiger partial charge in [0, 0.05) is 31.1 Å². The van der Waals surface area contributed by atoms with Crippen molar-refractivity contribution in [2.24, 2.45) is 0 Å². The number of nitrogens with zero attached hydrogens (tertiary/aromatic N) is 3. The molecule has 2 rings (SSSR count). The summed E-state index contributed by atoms with van der Waals surface area (Å²) in [5.74, 6) is 2.52. The summed E-state index contributed by atoms with van der Waals surface area (Å²) in [7, 11) is 0. The topological polar surface area (TPSA) is 76.3 Å². The zero-order valence-corrected chi connectivity index (χ0v) is 13.4. The van der Waals surface area contributed by atoms with Crippen molar-refractivity contribution in [3.05, 3.63) is 11.4 Å². The summed E-state index contributed by atoms with van der Waals surface area (Å²) in [6.45, 7) is 11.9. The van der Waals surface area contributed by atoms with Gasteiger partial charge in [0.1, 0.15) is 17.5 Å². The van der Waals surface area contributed by atoms with Gasteiger partial charge in [0.05, 0.1) is 13.2 Å². The third-order valence-corrected chi connectivity index (χ3v) is 3.76. The highest BCUT2D eigenvalue weighted by molar-refractivity contribution is 5.54. The Bertz CT molecular complexity index is 458. The molecule has 6 heteroatoms. The van der Waals surface area contributed by atoms with Crippen LogP contribution in [0, 0.1) is 6.92 Å². The van der Waals surface area contributed by atoms with Crippen LogP contribution in [-0.4, -0.2) is 54.3 Å². The predicted octanol–water partition coefficient (Wildman–Crippen LogP) is 1.62. The van der Waals surface area contributed by atoms with Gasteiger partial charge in [-0.3, -0.25) is 4.90 Å². The van der Waals surface area contributed by atoms with Crippen LogP contribution in [-0.2, 0) is 4.74 Å². The molecule has 0 bridgehead atoms. The van der Waals surface area contributed by atoms with Gasteiger partial charge in [-0.25, -0.2) is 9.97 Å². The fourth-order valence-corrected chi connectivity index (χ4v) is 2.32. The van der Waals surface area contributed by atoms with Crippen LogP contribution in [0.15, 0.2) is 0 Å². The molecule has 6 nitrogen and oxygen atoms in total. The zero-order valence-electron chi connectivity index (χ0n) is 13.4. The highest BCUT2D eigenvalue weighted by Crippen LogP contribution is 2.20. The molecule has 118 valence electrons. The van der Waals surface area contributed by atoms with Gasteiger partial charge >= 0.3 is 0 Å². The molecule has 1 aromatic heterocycles. The van der Waals surface area contributed by atoms with E-state index in [4.69, 9.17) is 10.5 Å². The minimum absolute atomic E-state index is 0.279. The summed E-state index contributed by atoms with van der Waals surface area (Å²) in [5.41, 5.74) is 6.90. The van der Waals surface area contributed by atoms with Crippen LogP contribution < -0.4 is 11.1 Å². The second-order valence-corrected chi connectivity index (χ2v) is 5.83. The van der Waals surface area contributed by atoms with Gasteiger partial charge in [0.2, 0.25) is 0 Å². The molecule has 1 aliphatic heterocycles. The number of ether oxygens (including phenoxy) is 1. The van der Waals surface area contributed by atoms with Gasteiger partial charge in [-0.15, -0.1) is 0 Å². The lowest BCUT2D eigenvalue weighted by atomic mass is 10.2. The van der Waals surface area contributed by atoms with Crippen molar-refractivity contribution in [3.8, 4) is 0 Å². The van der Waals surface area contributed by atoms with E-state index in [2.05, 4.69) is 34.0 Å². The van der Waals surface area contributed by atoms with Crippen molar-refractivity contribution in [2.75, 3.05) is 50.4 Å². The Labute approximate surface area is 127 Å². The summed E-state index contributed by atoms with van der Waals surface area (Å²) >= 11 is 0. The van der Waals surface area contributed by atoms with E-state index in [1.807, 2.05) is 6.92 Å². The predicted molar refractivity (Wildman–Crippen MR) is 85.6 cm³/mol. The molecule has 1 fully saturated rings. The highest BCUT2D eigenvalue weighted by atomic mass is 16.5. The third-order valence-electron chi connectivity index (χ3n) is 3.76. The molecular weight excluding hydrogens is 266 g/mol. The number of anilines is 2. The van der Waals surface area contributed by atoms with Gasteiger partial charge < -0.3 is 15.8 Å². The summed E-state index contributed by atoms with van der Waals surface area (Å²) in [6, 6.07) is 0. The number of nitrogens with one attached hydrogen (secondary N) is 1. The second-order valence-electron chi connectivity index (χ2n) is 5.83.